The molecule has 0 radical (unpaired) electrons. The molecule has 1 aromatic heterocycles. The second-order valence-electron chi connectivity index (χ2n) is 5.96. The second-order valence-corrected chi connectivity index (χ2v) is 6.94. The molecule has 1 saturated heterocycles. The molecule has 1 N–H and O–H groups in total. The Bertz CT molecular complexity index is 660. The zero-order chi connectivity index (χ0) is 16.2. The third kappa shape index (κ3) is 3.96. The first-order valence-electron chi connectivity index (χ1n) is 7.82. The fourth-order valence-corrected chi connectivity index (χ4v) is 3.95. The van der Waals surface area contributed by atoms with Gasteiger partial charge in [0, 0.05) is 29.6 Å². The van der Waals surface area contributed by atoms with Gasteiger partial charge in [0.15, 0.2) is 0 Å². The molecule has 122 valence electrons. The number of nitro groups is 1. The highest BCUT2D eigenvalue weighted by molar-refractivity contribution is 7.10. The van der Waals surface area contributed by atoms with Crippen molar-refractivity contribution < 1.29 is 10.0 Å². The van der Waals surface area contributed by atoms with E-state index in [0.717, 1.165) is 36.2 Å². The first kappa shape index (κ1) is 16.1. The van der Waals surface area contributed by atoms with Gasteiger partial charge in [-0.1, -0.05) is 18.2 Å². The molecule has 2 atom stereocenters. The van der Waals surface area contributed by atoms with Crippen molar-refractivity contribution in [2.75, 3.05) is 6.54 Å². The van der Waals surface area contributed by atoms with Crippen molar-refractivity contribution in [1.82, 2.24) is 4.90 Å². The smallest absolute Gasteiger partial charge is 0.269 e. The summed E-state index contributed by atoms with van der Waals surface area (Å²) in [6.45, 7) is 1.67. The van der Waals surface area contributed by atoms with E-state index in [1.54, 1.807) is 23.5 Å². The van der Waals surface area contributed by atoms with Gasteiger partial charge in [-0.25, -0.2) is 0 Å². The molecule has 0 bridgehead atoms. The number of aliphatic hydroxyl groups excluding tert-OH is 1. The highest BCUT2D eigenvalue weighted by Crippen LogP contribution is 2.30. The minimum absolute atomic E-state index is 0.136. The highest BCUT2D eigenvalue weighted by atomic mass is 32.1. The monoisotopic (exact) mass is 332 g/mol. The van der Waals surface area contributed by atoms with Gasteiger partial charge in [0.25, 0.3) is 5.69 Å². The van der Waals surface area contributed by atoms with Crippen molar-refractivity contribution in [1.29, 1.82) is 0 Å². The van der Waals surface area contributed by atoms with Crippen LogP contribution in [0, 0.1) is 10.1 Å². The van der Waals surface area contributed by atoms with Crippen molar-refractivity contribution in [3.63, 3.8) is 0 Å². The van der Waals surface area contributed by atoms with Crippen molar-refractivity contribution >= 4 is 17.0 Å². The molecule has 6 heteroatoms. The minimum Gasteiger partial charge on any atom is -0.388 e. The van der Waals surface area contributed by atoms with Crippen LogP contribution in [-0.2, 0) is 6.54 Å². The van der Waals surface area contributed by atoms with E-state index in [2.05, 4.69) is 4.90 Å². The van der Waals surface area contributed by atoms with Crippen LogP contribution < -0.4 is 0 Å². The highest BCUT2D eigenvalue weighted by Gasteiger charge is 2.27. The van der Waals surface area contributed by atoms with Gasteiger partial charge in [0.2, 0.25) is 0 Å². The van der Waals surface area contributed by atoms with Gasteiger partial charge in [0.05, 0.1) is 11.0 Å². The average molecular weight is 332 g/mol. The molecule has 1 fully saturated rings. The fourth-order valence-electron chi connectivity index (χ4n) is 3.23. The van der Waals surface area contributed by atoms with Crippen molar-refractivity contribution in [2.45, 2.75) is 38.0 Å². The van der Waals surface area contributed by atoms with E-state index in [-0.39, 0.29) is 10.6 Å². The van der Waals surface area contributed by atoms with Crippen molar-refractivity contribution in [2.24, 2.45) is 0 Å². The van der Waals surface area contributed by atoms with Crippen LogP contribution >= 0.6 is 11.3 Å². The Hall–Kier alpha value is -1.76. The molecule has 0 amide bonds. The Balaban J connectivity index is 1.65. The van der Waals surface area contributed by atoms with Crippen LogP contribution in [0.15, 0.2) is 41.8 Å². The summed E-state index contributed by atoms with van der Waals surface area (Å²) in [6.07, 6.45) is 2.47. The van der Waals surface area contributed by atoms with Crippen LogP contribution in [0.4, 0.5) is 5.69 Å². The molecule has 3 rings (SSSR count). The van der Waals surface area contributed by atoms with Crippen LogP contribution in [0.5, 0.6) is 0 Å². The molecule has 1 aromatic carbocycles. The molecular weight excluding hydrogens is 312 g/mol. The topological polar surface area (TPSA) is 66.6 Å². The first-order valence-corrected chi connectivity index (χ1v) is 8.70. The maximum atomic E-state index is 10.9. The summed E-state index contributed by atoms with van der Waals surface area (Å²) in [5, 5.41) is 23.2. The van der Waals surface area contributed by atoms with Crippen LogP contribution in [0.1, 0.15) is 35.8 Å². The number of nitro benzene ring substituents is 1. The Labute approximate surface area is 139 Å². The lowest BCUT2D eigenvalue weighted by Gasteiger charge is -2.26. The lowest BCUT2D eigenvalue weighted by molar-refractivity contribution is -0.384. The summed E-state index contributed by atoms with van der Waals surface area (Å²) in [4.78, 5) is 13.9. The predicted molar refractivity (Wildman–Crippen MR) is 90.4 cm³/mol. The van der Waals surface area contributed by atoms with Crippen LogP contribution in [0.2, 0.25) is 0 Å². The van der Waals surface area contributed by atoms with Gasteiger partial charge in [-0.2, -0.15) is 0 Å². The Kier molecular flexibility index (Phi) is 5.05. The predicted octanol–water partition coefficient (Wildman–Crippen LogP) is 3.74. The number of thiophene rings is 1. The van der Waals surface area contributed by atoms with Crippen LogP contribution in [-0.4, -0.2) is 27.5 Å². The quantitative estimate of drug-likeness (QED) is 0.646. The zero-order valence-corrected chi connectivity index (χ0v) is 13.6. The molecule has 2 aromatic rings. The van der Waals surface area contributed by atoms with E-state index in [1.165, 1.54) is 6.07 Å². The summed E-state index contributed by atoms with van der Waals surface area (Å²) in [7, 11) is 0. The molecular formula is C17H20N2O3S. The summed E-state index contributed by atoms with van der Waals surface area (Å²) in [5.74, 6) is 0. The Morgan fingerprint density at radius 1 is 1.39 bits per heavy atom. The summed E-state index contributed by atoms with van der Waals surface area (Å²) >= 11 is 1.58. The standard InChI is InChI=1S/C17H20N2O3S/c20-16(17-7-3-9-23-17)11-14-6-2-8-18(14)12-13-4-1-5-15(10-13)19(21)22/h1,3-5,7,9-10,14,16,20H,2,6,8,11-12H2. The van der Waals surface area contributed by atoms with Gasteiger partial charge in [0.1, 0.15) is 0 Å². The van der Waals surface area contributed by atoms with E-state index >= 15 is 0 Å². The van der Waals surface area contributed by atoms with Crippen LogP contribution in [0.25, 0.3) is 0 Å². The lowest BCUT2D eigenvalue weighted by Crippen LogP contribution is -2.30. The molecule has 1 aliphatic rings. The maximum Gasteiger partial charge on any atom is 0.269 e. The lowest BCUT2D eigenvalue weighted by atomic mass is 10.1. The number of rotatable bonds is 6. The summed E-state index contributed by atoms with van der Waals surface area (Å²) in [5.41, 5.74) is 1.09. The SMILES string of the molecule is O=[N+]([O-])c1cccc(CN2CCCC2CC(O)c2cccs2)c1. The number of hydrogen-bond donors (Lipinski definition) is 1. The molecule has 1 aliphatic heterocycles. The van der Waals surface area contributed by atoms with Crippen molar-refractivity contribution in [3.05, 3.63) is 62.3 Å². The third-order valence-electron chi connectivity index (χ3n) is 4.37. The first-order chi connectivity index (χ1) is 11.1. The molecule has 5 nitrogen and oxygen atoms in total. The second kappa shape index (κ2) is 7.21. The summed E-state index contributed by atoms with van der Waals surface area (Å²) < 4.78 is 0. The fraction of sp³-hybridized carbons (Fsp3) is 0.412. The number of non-ortho nitro benzene ring substituents is 1. The third-order valence-corrected chi connectivity index (χ3v) is 5.35. The summed E-state index contributed by atoms with van der Waals surface area (Å²) in [6, 6.07) is 11.1. The van der Waals surface area contributed by atoms with Crippen molar-refractivity contribution in [3.8, 4) is 0 Å². The number of nitrogens with zero attached hydrogens (tertiary/aromatic N) is 2. The number of aliphatic hydroxyl groups is 1. The van der Waals surface area contributed by atoms with Gasteiger partial charge >= 0.3 is 0 Å². The number of benzene rings is 1. The zero-order valence-electron chi connectivity index (χ0n) is 12.8. The molecule has 23 heavy (non-hydrogen) atoms. The number of hydrogen-bond acceptors (Lipinski definition) is 5. The minimum atomic E-state index is -0.425. The molecule has 0 spiro atoms. The number of likely N-dealkylation sites (tertiary alicyclic amines) is 1. The van der Waals surface area contributed by atoms with Gasteiger partial charge in [-0.3, -0.25) is 15.0 Å². The molecule has 2 unspecified atom stereocenters. The molecule has 0 aliphatic carbocycles. The maximum absolute atomic E-state index is 10.9. The van der Waals surface area contributed by atoms with E-state index < -0.39 is 6.10 Å². The molecule has 0 saturated carbocycles. The average Bonchev–Trinajstić information content (AvgIpc) is 3.20. The van der Waals surface area contributed by atoms with E-state index in [0.29, 0.717) is 12.6 Å². The normalized spacial score (nSPS) is 19.8. The van der Waals surface area contributed by atoms with Crippen LogP contribution in [0.3, 0.4) is 0 Å². The van der Waals surface area contributed by atoms with E-state index in [4.69, 9.17) is 0 Å². The van der Waals surface area contributed by atoms with Gasteiger partial charge in [-0.05, 0) is 42.8 Å². The largest absolute Gasteiger partial charge is 0.388 e. The van der Waals surface area contributed by atoms with Gasteiger partial charge < -0.3 is 5.11 Å². The molecule has 2 heterocycles. The van der Waals surface area contributed by atoms with E-state index in [9.17, 15) is 15.2 Å². The van der Waals surface area contributed by atoms with E-state index in [1.807, 2.05) is 23.6 Å². The Morgan fingerprint density at radius 3 is 3.00 bits per heavy atom. The van der Waals surface area contributed by atoms with Gasteiger partial charge in [-0.15, -0.1) is 11.3 Å². The Morgan fingerprint density at radius 2 is 2.26 bits per heavy atom.